The van der Waals surface area contributed by atoms with E-state index in [1.165, 1.54) is 39.1 Å². The number of likely N-dealkylation sites (N-methyl/N-ethyl adjacent to an activating group) is 1. The number of methoxy groups -OCH3 is 1. The number of nitrogens with one attached hydrogen (secondary N) is 1. The summed E-state index contributed by atoms with van der Waals surface area (Å²) in [5, 5.41) is 3.45. The Kier molecular flexibility index (Phi) is 8.12. The Morgan fingerprint density at radius 3 is 2.52 bits per heavy atom. The van der Waals surface area contributed by atoms with Crippen LogP contribution in [0.25, 0.3) is 0 Å². The molecule has 0 bridgehead atoms. The van der Waals surface area contributed by atoms with E-state index < -0.39 is 0 Å². The fourth-order valence-corrected chi connectivity index (χ4v) is 3.45. The summed E-state index contributed by atoms with van der Waals surface area (Å²) in [4.78, 5) is 12.3. The fourth-order valence-electron chi connectivity index (χ4n) is 3.45. The van der Waals surface area contributed by atoms with Gasteiger partial charge in [-0.25, -0.2) is 0 Å². The molecule has 0 spiro atoms. The lowest BCUT2D eigenvalue weighted by atomic mass is 10.1. The van der Waals surface area contributed by atoms with Crippen molar-refractivity contribution >= 4 is 5.96 Å². The first-order valence-corrected chi connectivity index (χ1v) is 9.23. The van der Waals surface area contributed by atoms with Crippen molar-refractivity contribution in [3.63, 3.8) is 0 Å². The highest BCUT2D eigenvalue weighted by Gasteiger charge is 2.24. The van der Waals surface area contributed by atoms with Crippen LogP contribution in [0.1, 0.15) is 20.3 Å². The van der Waals surface area contributed by atoms with E-state index >= 15 is 0 Å². The zero-order valence-corrected chi connectivity index (χ0v) is 15.3. The third-order valence-electron chi connectivity index (χ3n) is 4.91. The maximum Gasteiger partial charge on any atom is 0.193 e. The number of piperazine rings is 1. The van der Waals surface area contributed by atoms with Crippen molar-refractivity contribution in [3.8, 4) is 0 Å². The Morgan fingerprint density at radius 1 is 1.13 bits per heavy atom. The summed E-state index contributed by atoms with van der Waals surface area (Å²) >= 11 is 0. The van der Waals surface area contributed by atoms with Crippen LogP contribution in [-0.2, 0) is 4.74 Å². The molecule has 2 saturated heterocycles. The van der Waals surface area contributed by atoms with Crippen LogP contribution < -0.4 is 5.32 Å². The maximum atomic E-state index is 5.29. The molecule has 23 heavy (non-hydrogen) atoms. The molecule has 134 valence electrons. The molecule has 0 saturated carbocycles. The van der Waals surface area contributed by atoms with Gasteiger partial charge in [0.15, 0.2) is 5.96 Å². The summed E-state index contributed by atoms with van der Waals surface area (Å²) in [5.41, 5.74) is 0. The minimum absolute atomic E-state index is 0.644. The monoisotopic (exact) mass is 325 g/mol. The molecule has 1 N–H and O–H groups in total. The van der Waals surface area contributed by atoms with Gasteiger partial charge in [-0.2, -0.15) is 0 Å². The Bertz CT molecular complexity index is 355. The quantitative estimate of drug-likeness (QED) is 0.547. The van der Waals surface area contributed by atoms with Gasteiger partial charge in [-0.05, 0) is 19.9 Å². The summed E-state index contributed by atoms with van der Waals surface area (Å²) in [7, 11) is 1.79. The van der Waals surface area contributed by atoms with E-state index in [4.69, 9.17) is 9.73 Å². The third kappa shape index (κ3) is 5.94. The van der Waals surface area contributed by atoms with Gasteiger partial charge < -0.3 is 19.9 Å². The fraction of sp³-hybridized carbons (Fsp3) is 0.941. The Hall–Kier alpha value is -0.850. The molecule has 0 aromatic carbocycles. The summed E-state index contributed by atoms with van der Waals surface area (Å²) in [5.74, 6) is 1.73. The molecule has 0 aliphatic carbocycles. The zero-order valence-electron chi connectivity index (χ0n) is 15.3. The Morgan fingerprint density at radius 2 is 1.87 bits per heavy atom. The van der Waals surface area contributed by atoms with Gasteiger partial charge in [0.05, 0.1) is 13.2 Å². The lowest BCUT2D eigenvalue weighted by Gasteiger charge is -2.33. The van der Waals surface area contributed by atoms with Gasteiger partial charge in [-0.15, -0.1) is 0 Å². The van der Waals surface area contributed by atoms with Crippen molar-refractivity contribution in [1.82, 2.24) is 20.0 Å². The maximum absolute atomic E-state index is 5.29. The van der Waals surface area contributed by atoms with Gasteiger partial charge in [0, 0.05) is 65.4 Å². The zero-order chi connectivity index (χ0) is 16.5. The average Bonchev–Trinajstić information content (AvgIpc) is 3.03. The second-order valence-electron chi connectivity index (χ2n) is 6.57. The van der Waals surface area contributed by atoms with E-state index in [1.54, 1.807) is 7.11 Å². The molecule has 6 nitrogen and oxygen atoms in total. The molecule has 2 heterocycles. The van der Waals surface area contributed by atoms with Crippen molar-refractivity contribution in [2.75, 3.05) is 79.2 Å². The number of ether oxygens (including phenoxy) is 1. The molecule has 2 aliphatic rings. The van der Waals surface area contributed by atoms with Crippen molar-refractivity contribution in [3.05, 3.63) is 0 Å². The predicted octanol–water partition coefficient (Wildman–Crippen LogP) is 0.558. The van der Waals surface area contributed by atoms with Crippen LogP contribution in [0.2, 0.25) is 0 Å². The summed E-state index contributed by atoms with van der Waals surface area (Å²) < 4.78 is 5.29. The smallest absolute Gasteiger partial charge is 0.193 e. The average molecular weight is 326 g/mol. The van der Waals surface area contributed by atoms with E-state index in [0.29, 0.717) is 5.92 Å². The van der Waals surface area contributed by atoms with E-state index in [-0.39, 0.29) is 0 Å². The van der Waals surface area contributed by atoms with Crippen LogP contribution in [-0.4, -0.2) is 99.8 Å². The van der Waals surface area contributed by atoms with Crippen LogP contribution in [0.3, 0.4) is 0 Å². The van der Waals surface area contributed by atoms with Crippen LogP contribution >= 0.6 is 0 Å². The number of rotatable bonds is 7. The standard InChI is InChI=1S/C17H35N5O/c1-4-18-17(22-8-6-16(14-22)15-23-3)19-7-9-21-12-10-20(5-2)11-13-21/h16H,4-15H2,1-3H3,(H,18,19). The number of hydrogen-bond acceptors (Lipinski definition) is 4. The van der Waals surface area contributed by atoms with E-state index in [1.807, 2.05) is 0 Å². The van der Waals surface area contributed by atoms with Crippen LogP contribution in [0.4, 0.5) is 0 Å². The van der Waals surface area contributed by atoms with Gasteiger partial charge in [0.2, 0.25) is 0 Å². The molecule has 2 fully saturated rings. The molecule has 2 rings (SSSR count). The lowest BCUT2D eigenvalue weighted by Crippen LogP contribution is -2.47. The van der Waals surface area contributed by atoms with E-state index in [2.05, 4.69) is 33.9 Å². The van der Waals surface area contributed by atoms with Gasteiger partial charge in [0.25, 0.3) is 0 Å². The summed E-state index contributed by atoms with van der Waals surface area (Å²) in [6.07, 6.45) is 1.21. The van der Waals surface area contributed by atoms with Crippen molar-refractivity contribution < 1.29 is 4.74 Å². The number of hydrogen-bond donors (Lipinski definition) is 1. The minimum atomic E-state index is 0.644. The number of likely N-dealkylation sites (tertiary alicyclic amines) is 1. The first-order chi connectivity index (χ1) is 11.3. The molecular weight excluding hydrogens is 290 g/mol. The van der Waals surface area contributed by atoms with Crippen LogP contribution in [0, 0.1) is 5.92 Å². The third-order valence-corrected chi connectivity index (χ3v) is 4.91. The molecule has 0 amide bonds. The molecule has 0 radical (unpaired) electrons. The van der Waals surface area contributed by atoms with Gasteiger partial charge in [-0.3, -0.25) is 9.89 Å². The Labute approximate surface area is 141 Å². The van der Waals surface area contributed by atoms with Gasteiger partial charge in [0.1, 0.15) is 0 Å². The molecule has 0 aromatic heterocycles. The van der Waals surface area contributed by atoms with Crippen molar-refractivity contribution in [2.24, 2.45) is 10.9 Å². The predicted molar refractivity (Wildman–Crippen MR) is 96.1 cm³/mol. The minimum Gasteiger partial charge on any atom is -0.384 e. The molecule has 0 aromatic rings. The Balaban J connectivity index is 1.76. The second-order valence-corrected chi connectivity index (χ2v) is 6.57. The number of nitrogens with zero attached hydrogens (tertiary/aromatic N) is 4. The van der Waals surface area contributed by atoms with E-state index in [9.17, 15) is 0 Å². The lowest BCUT2D eigenvalue weighted by molar-refractivity contribution is 0.140. The van der Waals surface area contributed by atoms with Gasteiger partial charge >= 0.3 is 0 Å². The number of guanidine groups is 1. The highest BCUT2D eigenvalue weighted by atomic mass is 16.5. The number of aliphatic imine (C=N–C) groups is 1. The molecule has 6 heteroatoms. The molecule has 1 atom stereocenters. The molecule has 1 unspecified atom stereocenters. The first-order valence-electron chi connectivity index (χ1n) is 9.23. The largest absolute Gasteiger partial charge is 0.384 e. The highest BCUT2D eigenvalue weighted by molar-refractivity contribution is 5.80. The summed E-state index contributed by atoms with van der Waals surface area (Å²) in [6, 6.07) is 0. The molecular formula is C17H35N5O. The second kappa shape index (κ2) is 10.1. The molecule has 2 aliphatic heterocycles. The topological polar surface area (TPSA) is 43.3 Å². The van der Waals surface area contributed by atoms with Crippen molar-refractivity contribution in [2.45, 2.75) is 20.3 Å². The highest BCUT2D eigenvalue weighted by Crippen LogP contribution is 2.16. The van der Waals surface area contributed by atoms with Crippen LogP contribution in [0.5, 0.6) is 0 Å². The SMILES string of the molecule is CCNC(=NCCN1CCN(CC)CC1)N1CCC(COC)C1. The van der Waals surface area contributed by atoms with Crippen LogP contribution in [0.15, 0.2) is 4.99 Å². The normalized spacial score (nSPS) is 24.4. The summed E-state index contributed by atoms with van der Waals surface area (Å²) in [6.45, 7) is 16.2. The van der Waals surface area contributed by atoms with E-state index in [0.717, 1.165) is 45.3 Å². The van der Waals surface area contributed by atoms with Gasteiger partial charge in [-0.1, -0.05) is 6.92 Å². The first kappa shape index (κ1) is 18.5. The van der Waals surface area contributed by atoms with Crippen molar-refractivity contribution in [1.29, 1.82) is 0 Å².